The highest BCUT2D eigenvalue weighted by Gasteiger charge is 2.21. The van der Waals surface area contributed by atoms with Crippen LogP contribution >= 0.6 is 11.3 Å². The molecule has 59 heavy (non-hydrogen) atoms. The van der Waals surface area contributed by atoms with Crippen LogP contribution in [-0.4, -0.2) is 0 Å². The third-order valence-corrected chi connectivity index (χ3v) is 13.0. The second-order valence-corrected chi connectivity index (χ2v) is 16.3. The molecule has 0 aliphatic heterocycles. The summed E-state index contributed by atoms with van der Waals surface area (Å²) in [5.41, 5.74) is 12.0. The van der Waals surface area contributed by atoms with E-state index in [4.69, 9.17) is 4.42 Å². The fourth-order valence-corrected chi connectivity index (χ4v) is 10.2. The summed E-state index contributed by atoms with van der Waals surface area (Å²) in [6.45, 7) is 0. The third-order valence-electron chi connectivity index (χ3n) is 11.9. The van der Waals surface area contributed by atoms with E-state index in [0.29, 0.717) is 0 Å². The molecular formula is C56H35NOS. The van der Waals surface area contributed by atoms with Gasteiger partial charge in [0, 0.05) is 53.4 Å². The summed E-state index contributed by atoms with van der Waals surface area (Å²) < 4.78 is 9.07. The van der Waals surface area contributed by atoms with Gasteiger partial charge in [-0.25, -0.2) is 0 Å². The molecule has 0 unspecified atom stereocenters. The largest absolute Gasteiger partial charge is 0.455 e. The van der Waals surface area contributed by atoms with Crippen LogP contribution in [0.5, 0.6) is 0 Å². The number of benzene rings is 10. The Morgan fingerprint density at radius 1 is 0.339 bits per heavy atom. The summed E-state index contributed by atoms with van der Waals surface area (Å²) in [6, 6.07) is 77.2. The lowest BCUT2D eigenvalue weighted by atomic mass is 9.91. The molecule has 10 aromatic carbocycles. The topological polar surface area (TPSA) is 16.4 Å². The zero-order valence-corrected chi connectivity index (χ0v) is 32.8. The molecule has 3 heteroatoms. The van der Waals surface area contributed by atoms with Gasteiger partial charge in [0.25, 0.3) is 0 Å². The molecule has 12 aromatic rings. The Balaban J connectivity index is 1.10. The predicted molar refractivity (Wildman–Crippen MR) is 253 cm³/mol. The monoisotopic (exact) mass is 769 g/mol. The van der Waals surface area contributed by atoms with Gasteiger partial charge in [-0.1, -0.05) is 158 Å². The zero-order chi connectivity index (χ0) is 38.9. The Morgan fingerprint density at radius 3 is 1.85 bits per heavy atom. The van der Waals surface area contributed by atoms with Crippen molar-refractivity contribution in [2.75, 3.05) is 4.90 Å². The van der Waals surface area contributed by atoms with Crippen LogP contribution in [0.2, 0.25) is 0 Å². The number of para-hydroxylation sites is 2. The summed E-state index contributed by atoms with van der Waals surface area (Å²) in [6.07, 6.45) is 0. The van der Waals surface area contributed by atoms with Crippen molar-refractivity contribution < 1.29 is 4.42 Å². The minimum atomic E-state index is 0.904. The summed E-state index contributed by atoms with van der Waals surface area (Å²) in [7, 11) is 0. The van der Waals surface area contributed by atoms with Crippen LogP contribution in [-0.2, 0) is 0 Å². The molecule has 0 aliphatic carbocycles. The summed E-state index contributed by atoms with van der Waals surface area (Å²) >= 11 is 1.85. The Morgan fingerprint density at radius 2 is 0.983 bits per heavy atom. The number of hydrogen-bond acceptors (Lipinski definition) is 3. The molecule has 0 aliphatic rings. The number of nitrogens with zero attached hydrogens (tertiary/aromatic N) is 1. The standard InChI is InChI=1S/C56H35NOS/c1-2-13-36(14-3-1)43-31-27-39(50-33-38-15-4-5-16-42(38)45-17-6-7-18-46(45)50)34-52(43)57(41-30-32-55-51(35-41)48-20-9-11-24-54(48)59-55)40-28-25-37(26-29-40)44-21-12-22-49-47-19-8-10-23-53(47)58-56(44)49/h1-35H. The van der Waals surface area contributed by atoms with Crippen molar-refractivity contribution in [3.63, 3.8) is 0 Å². The minimum Gasteiger partial charge on any atom is -0.455 e. The minimum absolute atomic E-state index is 0.904. The molecule has 0 spiro atoms. The maximum absolute atomic E-state index is 6.49. The Kier molecular flexibility index (Phi) is 7.75. The average molecular weight is 770 g/mol. The van der Waals surface area contributed by atoms with Crippen molar-refractivity contribution in [3.05, 3.63) is 212 Å². The van der Waals surface area contributed by atoms with Crippen LogP contribution in [0, 0.1) is 0 Å². The van der Waals surface area contributed by atoms with E-state index in [9.17, 15) is 0 Å². The van der Waals surface area contributed by atoms with Crippen LogP contribution in [0.1, 0.15) is 0 Å². The lowest BCUT2D eigenvalue weighted by Gasteiger charge is -2.29. The van der Waals surface area contributed by atoms with Crippen molar-refractivity contribution in [2.24, 2.45) is 0 Å². The normalized spacial score (nSPS) is 11.7. The fourth-order valence-electron chi connectivity index (χ4n) is 9.08. The summed E-state index contributed by atoms with van der Waals surface area (Å²) in [4.78, 5) is 2.45. The van der Waals surface area contributed by atoms with Crippen molar-refractivity contribution >= 4 is 92.1 Å². The lowest BCUT2D eigenvalue weighted by molar-refractivity contribution is 0.670. The van der Waals surface area contributed by atoms with Crippen molar-refractivity contribution in [1.29, 1.82) is 0 Å². The number of furan rings is 1. The Hall–Kier alpha value is -7.46. The quantitative estimate of drug-likeness (QED) is 0.157. The molecule has 0 amide bonds. The second-order valence-electron chi connectivity index (χ2n) is 15.2. The Bertz CT molecular complexity index is 3560. The first-order valence-electron chi connectivity index (χ1n) is 20.1. The van der Waals surface area contributed by atoms with Gasteiger partial charge in [0.15, 0.2) is 0 Å². The number of anilines is 3. The van der Waals surface area contributed by atoms with E-state index in [1.807, 2.05) is 23.5 Å². The molecule has 12 rings (SSSR count). The highest BCUT2D eigenvalue weighted by Crippen LogP contribution is 2.47. The predicted octanol–water partition coefficient (Wildman–Crippen LogP) is 16.7. The zero-order valence-electron chi connectivity index (χ0n) is 32.0. The molecule has 0 saturated carbocycles. The van der Waals surface area contributed by atoms with Gasteiger partial charge in [0.05, 0.1) is 5.69 Å². The lowest BCUT2D eigenvalue weighted by Crippen LogP contribution is -2.11. The molecular weight excluding hydrogens is 735 g/mol. The van der Waals surface area contributed by atoms with Gasteiger partial charge in [-0.05, 0) is 98.4 Å². The highest BCUT2D eigenvalue weighted by atomic mass is 32.1. The molecule has 2 nitrogen and oxygen atoms in total. The summed E-state index contributed by atoms with van der Waals surface area (Å²) in [5, 5.41) is 9.81. The van der Waals surface area contributed by atoms with E-state index in [2.05, 4.69) is 205 Å². The van der Waals surface area contributed by atoms with Crippen molar-refractivity contribution in [2.45, 2.75) is 0 Å². The summed E-state index contributed by atoms with van der Waals surface area (Å²) in [5.74, 6) is 0. The molecule has 0 saturated heterocycles. The van der Waals surface area contributed by atoms with Crippen molar-refractivity contribution in [1.82, 2.24) is 0 Å². The van der Waals surface area contributed by atoms with Gasteiger partial charge in [-0.2, -0.15) is 0 Å². The molecule has 276 valence electrons. The molecule has 0 radical (unpaired) electrons. The first-order chi connectivity index (χ1) is 29.2. The van der Waals surface area contributed by atoms with E-state index in [1.54, 1.807) is 0 Å². The molecule has 0 bridgehead atoms. The number of thiophene rings is 1. The van der Waals surface area contributed by atoms with Gasteiger partial charge in [-0.15, -0.1) is 11.3 Å². The van der Waals surface area contributed by atoms with Gasteiger partial charge in [0.2, 0.25) is 0 Å². The van der Waals surface area contributed by atoms with Gasteiger partial charge < -0.3 is 9.32 Å². The maximum atomic E-state index is 6.49. The van der Waals surface area contributed by atoms with E-state index in [0.717, 1.165) is 61.3 Å². The Labute approximate surface area is 345 Å². The van der Waals surface area contributed by atoms with Crippen LogP contribution < -0.4 is 4.90 Å². The van der Waals surface area contributed by atoms with Crippen LogP contribution in [0.15, 0.2) is 217 Å². The first kappa shape index (κ1) is 33.7. The number of fused-ring (bicyclic) bond motifs is 9. The van der Waals surface area contributed by atoms with E-state index >= 15 is 0 Å². The SMILES string of the molecule is c1ccc(-c2ccc(-c3cc4ccccc4c4ccccc34)cc2N(c2ccc(-c3cccc4c3oc3ccccc34)cc2)c2ccc3sc4ccccc4c3c2)cc1. The molecule has 2 heterocycles. The third kappa shape index (κ3) is 5.55. The van der Waals surface area contributed by atoms with E-state index < -0.39 is 0 Å². The molecule has 0 N–H and O–H groups in total. The molecule has 0 atom stereocenters. The molecule has 0 fully saturated rings. The average Bonchev–Trinajstić information content (AvgIpc) is 3.88. The number of rotatable bonds is 6. The fraction of sp³-hybridized carbons (Fsp3) is 0. The number of hydrogen-bond donors (Lipinski definition) is 0. The smallest absolute Gasteiger partial charge is 0.143 e. The van der Waals surface area contributed by atoms with Crippen molar-refractivity contribution in [3.8, 4) is 33.4 Å². The van der Waals surface area contributed by atoms with Gasteiger partial charge >= 0.3 is 0 Å². The molecule has 2 aromatic heterocycles. The van der Waals surface area contributed by atoms with E-state index in [-0.39, 0.29) is 0 Å². The van der Waals surface area contributed by atoms with Gasteiger partial charge in [-0.3, -0.25) is 0 Å². The van der Waals surface area contributed by atoms with Crippen LogP contribution in [0.3, 0.4) is 0 Å². The highest BCUT2D eigenvalue weighted by molar-refractivity contribution is 7.25. The van der Waals surface area contributed by atoms with E-state index in [1.165, 1.54) is 52.8 Å². The maximum Gasteiger partial charge on any atom is 0.143 e. The first-order valence-corrected chi connectivity index (χ1v) is 20.9. The van der Waals surface area contributed by atoms with Crippen LogP contribution in [0.25, 0.3) is 97.0 Å². The van der Waals surface area contributed by atoms with Crippen LogP contribution in [0.4, 0.5) is 17.1 Å². The van der Waals surface area contributed by atoms with Gasteiger partial charge in [0.1, 0.15) is 11.2 Å². The second kappa shape index (κ2) is 13.6.